The minimum atomic E-state index is 0.723. The second kappa shape index (κ2) is 7.59. The van der Waals surface area contributed by atoms with Crippen molar-refractivity contribution in [2.75, 3.05) is 6.54 Å². The third kappa shape index (κ3) is 3.84. The molecular weight excluding hydrogens is 266 g/mol. The van der Waals surface area contributed by atoms with Crippen LogP contribution in [0.2, 0.25) is 0 Å². The van der Waals surface area contributed by atoms with Crippen LogP contribution in [0.25, 0.3) is 5.57 Å². The maximum atomic E-state index is 4.65. The van der Waals surface area contributed by atoms with Gasteiger partial charge >= 0.3 is 0 Å². The van der Waals surface area contributed by atoms with Crippen molar-refractivity contribution in [3.63, 3.8) is 0 Å². The maximum absolute atomic E-state index is 4.65. The van der Waals surface area contributed by atoms with E-state index in [0.29, 0.717) is 0 Å². The summed E-state index contributed by atoms with van der Waals surface area (Å²) < 4.78 is 0. The molecule has 0 aromatic heterocycles. The van der Waals surface area contributed by atoms with Crippen LogP contribution in [0.1, 0.15) is 38.8 Å². The van der Waals surface area contributed by atoms with Gasteiger partial charge in [0.1, 0.15) is 0 Å². The summed E-state index contributed by atoms with van der Waals surface area (Å²) in [6, 6.07) is 8.43. The van der Waals surface area contributed by atoms with E-state index in [1.807, 2.05) is 19.1 Å². The number of benzene rings is 1. The Morgan fingerprint density at radius 3 is 2.73 bits per heavy atom. The second-order valence-corrected chi connectivity index (χ2v) is 5.46. The predicted molar refractivity (Wildman–Crippen MR) is 97.3 cm³/mol. The molecule has 0 saturated carbocycles. The highest BCUT2D eigenvalue weighted by atomic mass is 14.7. The van der Waals surface area contributed by atoms with E-state index in [-0.39, 0.29) is 0 Å². The second-order valence-electron chi connectivity index (χ2n) is 5.46. The number of hydrogen-bond acceptors (Lipinski definition) is 1. The lowest BCUT2D eigenvalue weighted by atomic mass is 9.93. The highest BCUT2D eigenvalue weighted by molar-refractivity contribution is 6.04. The first-order valence-corrected chi connectivity index (χ1v) is 7.67. The summed E-state index contributed by atoms with van der Waals surface area (Å²) in [5.41, 5.74) is 10.5. The van der Waals surface area contributed by atoms with Gasteiger partial charge in [0, 0.05) is 16.8 Å². The molecule has 0 saturated heterocycles. The average molecular weight is 289 g/mol. The van der Waals surface area contributed by atoms with E-state index in [1.165, 1.54) is 22.3 Å². The van der Waals surface area contributed by atoms with Gasteiger partial charge in [0.25, 0.3) is 0 Å². The van der Waals surface area contributed by atoms with E-state index in [1.54, 1.807) is 0 Å². The predicted octanol–water partition coefficient (Wildman–Crippen LogP) is 5.52. The molecule has 1 aliphatic rings. The van der Waals surface area contributed by atoms with E-state index in [2.05, 4.69) is 74.0 Å². The van der Waals surface area contributed by atoms with Gasteiger partial charge in [-0.25, -0.2) is 0 Å². The van der Waals surface area contributed by atoms with Gasteiger partial charge < -0.3 is 0 Å². The fourth-order valence-electron chi connectivity index (χ4n) is 2.37. The number of allylic oxidation sites excluding steroid dienone is 6. The Bertz CT molecular complexity index is 733. The summed E-state index contributed by atoms with van der Waals surface area (Å²) >= 11 is 0. The average Bonchev–Trinajstić information content (AvgIpc) is 2.69. The SMILES string of the molecule is C/C=C\CN=C(C)c1ccccc1C1=C=CC(C)=CC=C1C. The zero-order valence-electron chi connectivity index (χ0n) is 13.9. The Kier molecular flexibility index (Phi) is 5.52. The van der Waals surface area contributed by atoms with E-state index in [4.69, 9.17) is 0 Å². The van der Waals surface area contributed by atoms with Crippen LogP contribution in [0.5, 0.6) is 0 Å². The minimum Gasteiger partial charge on any atom is -0.285 e. The van der Waals surface area contributed by atoms with E-state index < -0.39 is 0 Å². The number of aliphatic imine (C=N–C) groups is 1. The molecule has 1 nitrogen and oxygen atoms in total. The van der Waals surface area contributed by atoms with Crippen LogP contribution in [0.4, 0.5) is 0 Å². The Morgan fingerprint density at radius 1 is 1.18 bits per heavy atom. The van der Waals surface area contributed by atoms with Gasteiger partial charge in [0.2, 0.25) is 0 Å². The Morgan fingerprint density at radius 2 is 1.95 bits per heavy atom. The van der Waals surface area contributed by atoms with Crippen molar-refractivity contribution >= 4 is 11.3 Å². The molecule has 1 aromatic rings. The lowest BCUT2D eigenvalue weighted by molar-refractivity contribution is 1.23. The topological polar surface area (TPSA) is 12.4 Å². The van der Waals surface area contributed by atoms with Gasteiger partial charge in [-0.1, -0.05) is 48.6 Å². The molecule has 0 heterocycles. The number of nitrogens with zero attached hydrogens (tertiary/aromatic N) is 1. The molecule has 0 fully saturated rings. The monoisotopic (exact) mass is 289 g/mol. The Hall–Kier alpha value is -2.37. The molecule has 0 aliphatic heterocycles. The summed E-state index contributed by atoms with van der Waals surface area (Å²) in [4.78, 5) is 4.65. The van der Waals surface area contributed by atoms with E-state index in [9.17, 15) is 0 Å². The summed E-state index contributed by atoms with van der Waals surface area (Å²) in [5.74, 6) is 0. The third-order valence-electron chi connectivity index (χ3n) is 3.69. The Labute approximate surface area is 133 Å². The van der Waals surface area contributed by atoms with Gasteiger partial charge in [0.15, 0.2) is 0 Å². The molecule has 22 heavy (non-hydrogen) atoms. The largest absolute Gasteiger partial charge is 0.285 e. The molecule has 0 amide bonds. The van der Waals surface area contributed by atoms with Gasteiger partial charge in [-0.15, -0.1) is 5.73 Å². The molecule has 112 valence electrons. The van der Waals surface area contributed by atoms with Gasteiger partial charge in [-0.2, -0.15) is 0 Å². The van der Waals surface area contributed by atoms with E-state index >= 15 is 0 Å². The first kappa shape index (κ1) is 16.0. The first-order chi connectivity index (χ1) is 10.6. The lowest BCUT2D eigenvalue weighted by Gasteiger charge is -2.11. The van der Waals surface area contributed by atoms with Gasteiger partial charge in [-0.05, 0) is 50.5 Å². The third-order valence-corrected chi connectivity index (χ3v) is 3.69. The summed E-state index contributed by atoms with van der Waals surface area (Å²) in [7, 11) is 0. The number of rotatable bonds is 4. The van der Waals surface area contributed by atoms with Gasteiger partial charge in [0.05, 0.1) is 6.54 Å². The molecular formula is C21H23N. The number of hydrogen-bond donors (Lipinski definition) is 0. The molecule has 1 heteroatoms. The fraction of sp³-hybridized carbons (Fsp3) is 0.238. The van der Waals surface area contributed by atoms with Crippen LogP contribution in [0, 0.1) is 0 Å². The normalized spacial score (nSPS) is 15.5. The minimum absolute atomic E-state index is 0.723. The lowest BCUT2D eigenvalue weighted by Crippen LogP contribution is -2.01. The van der Waals surface area contributed by atoms with Crippen molar-refractivity contribution in [2.45, 2.75) is 27.7 Å². The highest BCUT2D eigenvalue weighted by Gasteiger charge is 2.11. The molecule has 1 aromatic carbocycles. The molecule has 0 atom stereocenters. The Balaban J connectivity index is 2.50. The van der Waals surface area contributed by atoms with Crippen molar-refractivity contribution in [1.29, 1.82) is 0 Å². The maximum Gasteiger partial charge on any atom is 0.0573 e. The molecule has 0 radical (unpaired) electrons. The van der Waals surface area contributed by atoms with E-state index in [0.717, 1.165) is 17.8 Å². The molecule has 2 rings (SSSR count). The van der Waals surface area contributed by atoms with Crippen molar-refractivity contribution in [3.8, 4) is 0 Å². The van der Waals surface area contributed by atoms with Crippen LogP contribution in [0.15, 0.2) is 76.5 Å². The quantitative estimate of drug-likeness (QED) is 0.393. The van der Waals surface area contributed by atoms with Crippen LogP contribution >= 0.6 is 0 Å². The zero-order chi connectivity index (χ0) is 15.9. The van der Waals surface area contributed by atoms with Crippen molar-refractivity contribution < 1.29 is 0 Å². The smallest absolute Gasteiger partial charge is 0.0573 e. The molecule has 1 aliphatic carbocycles. The van der Waals surface area contributed by atoms with Crippen LogP contribution in [-0.4, -0.2) is 12.3 Å². The van der Waals surface area contributed by atoms with Crippen LogP contribution < -0.4 is 0 Å². The molecule has 0 unspecified atom stereocenters. The van der Waals surface area contributed by atoms with Crippen molar-refractivity contribution in [1.82, 2.24) is 0 Å². The molecule has 0 N–H and O–H groups in total. The standard InChI is InChI=1S/C21H23N/c1-5-6-15-22-18(4)20-9-7-8-10-21(20)19-14-12-16(2)11-13-17(19)3/h5-13H,15H2,1-4H3/b6-5-,22-18?. The van der Waals surface area contributed by atoms with Gasteiger partial charge in [-0.3, -0.25) is 4.99 Å². The summed E-state index contributed by atoms with van der Waals surface area (Å²) in [5, 5.41) is 0. The summed E-state index contributed by atoms with van der Waals surface area (Å²) in [6.07, 6.45) is 10.4. The zero-order valence-corrected chi connectivity index (χ0v) is 13.9. The summed E-state index contributed by atoms with van der Waals surface area (Å²) in [6.45, 7) is 9.04. The van der Waals surface area contributed by atoms with Crippen LogP contribution in [-0.2, 0) is 0 Å². The van der Waals surface area contributed by atoms with Crippen LogP contribution in [0.3, 0.4) is 0 Å². The van der Waals surface area contributed by atoms with Crippen molar-refractivity contribution in [2.24, 2.45) is 4.99 Å². The molecule has 0 spiro atoms. The fourth-order valence-corrected chi connectivity index (χ4v) is 2.37. The highest BCUT2D eigenvalue weighted by Crippen LogP contribution is 2.27. The first-order valence-electron chi connectivity index (χ1n) is 7.67. The molecule has 0 bridgehead atoms. The van der Waals surface area contributed by atoms with Crippen molar-refractivity contribution in [3.05, 3.63) is 82.6 Å².